The molecule has 1 fully saturated rings. The molecule has 0 spiro atoms. The molecular weight excluding hydrogens is 281 g/mol. The highest BCUT2D eigenvalue weighted by Crippen LogP contribution is 2.17. The standard InChI is InChI=1S/C14H18FNO3S/c15-12-6-2-3-7-13(12)20(18,19)11-8-14(17)16-9-4-1-5-10-16/h2-3,6-7H,1,4-5,8-11H2. The van der Waals surface area contributed by atoms with E-state index >= 15 is 0 Å². The molecule has 20 heavy (non-hydrogen) atoms. The Morgan fingerprint density at radius 1 is 1.15 bits per heavy atom. The van der Waals surface area contributed by atoms with Gasteiger partial charge in [0.25, 0.3) is 0 Å². The van der Waals surface area contributed by atoms with E-state index in [0.29, 0.717) is 13.1 Å². The molecule has 0 atom stereocenters. The molecule has 4 nitrogen and oxygen atoms in total. The Kier molecular flexibility index (Phi) is 4.75. The van der Waals surface area contributed by atoms with Crippen molar-refractivity contribution in [2.75, 3.05) is 18.8 Å². The minimum absolute atomic E-state index is 0.0866. The lowest BCUT2D eigenvalue weighted by molar-refractivity contribution is -0.131. The van der Waals surface area contributed by atoms with Gasteiger partial charge in [-0.15, -0.1) is 0 Å². The summed E-state index contributed by atoms with van der Waals surface area (Å²) < 4.78 is 37.5. The molecule has 1 saturated heterocycles. The van der Waals surface area contributed by atoms with Crippen LogP contribution in [0.1, 0.15) is 25.7 Å². The number of piperidine rings is 1. The minimum atomic E-state index is -3.75. The molecule has 1 aliphatic rings. The first-order valence-corrected chi connectivity index (χ1v) is 8.41. The van der Waals surface area contributed by atoms with Crippen LogP contribution in [0.3, 0.4) is 0 Å². The molecule has 0 bridgehead atoms. The molecular formula is C14H18FNO3S. The summed E-state index contributed by atoms with van der Waals surface area (Å²) in [4.78, 5) is 13.3. The lowest BCUT2D eigenvalue weighted by atomic mass is 10.1. The number of nitrogens with zero attached hydrogens (tertiary/aromatic N) is 1. The van der Waals surface area contributed by atoms with Gasteiger partial charge in [-0.2, -0.15) is 0 Å². The van der Waals surface area contributed by atoms with Crippen LogP contribution in [0.25, 0.3) is 0 Å². The zero-order valence-corrected chi connectivity index (χ0v) is 12.0. The third-order valence-electron chi connectivity index (χ3n) is 3.47. The number of carbonyl (C=O) groups is 1. The highest BCUT2D eigenvalue weighted by atomic mass is 32.2. The predicted molar refractivity (Wildman–Crippen MR) is 73.5 cm³/mol. The number of carbonyl (C=O) groups excluding carboxylic acids is 1. The van der Waals surface area contributed by atoms with Crippen LogP contribution in [0, 0.1) is 5.82 Å². The van der Waals surface area contributed by atoms with E-state index in [9.17, 15) is 17.6 Å². The van der Waals surface area contributed by atoms with Gasteiger partial charge in [0, 0.05) is 19.5 Å². The van der Waals surface area contributed by atoms with Crippen LogP contribution >= 0.6 is 0 Å². The van der Waals surface area contributed by atoms with Crippen LogP contribution in [0.2, 0.25) is 0 Å². The smallest absolute Gasteiger partial charge is 0.223 e. The molecule has 1 aliphatic heterocycles. The molecule has 0 radical (unpaired) electrons. The van der Waals surface area contributed by atoms with Crippen molar-refractivity contribution in [3.63, 3.8) is 0 Å². The molecule has 0 aromatic heterocycles. The fourth-order valence-electron chi connectivity index (χ4n) is 2.33. The molecule has 2 rings (SSSR count). The average Bonchev–Trinajstić information content (AvgIpc) is 2.46. The SMILES string of the molecule is O=C(CCS(=O)(=O)c1ccccc1F)N1CCCCC1. The second-order valence-electron chi connectivity index (χ2n) is 4.94. The summed E-state index contributed by atoms with van der Waals surface area (Å²) >= 11 is 0. The molecule has 0 unspecified atom stereocenters. The first kappa shape index (κ1) is 15.0. The van der Waals surface area contributed by atoms with Gasteiger partial charge >= 0.3 is 0 Å². The van der Waals surface area contributed by atoms with E-state index in [1.165, 1.54) is 18.2 Å². The van der Waals surface area contributed by atoms with E-state index in [2.05, 4.69) is 0 Å². The number of hydrogen-bond donors (Lipinski definition) is 0. The zero-order chi connectivity index (χ0) is 14.6. The fraction of sp³-hybridized carbons (Fsp3) is 0.500. The van der Waals surface area contributed by atoms with E-state index in [1.54, 1.807) is 4.90 Å². The van der Waals surface area contributed by atoms with Gasteiger partial charge in [0.2, 0.25) is 5.91 Å². The number of amides is 1. The molecule has 1 amide bonds. The summed E-state index contributed by atoms with van der Waals surface area (Å²) in [6.07, 6.45) is 2.95. The van der Waals surface area contributed by atoms with Crippen LogP contribution in [0.15, 0.2) is 29.2 Å². The average molecular weight is 299 g/mol. The second kappa shape index (κ2) is 6.35. The number of sulfone groups is 1. The monoisotopic (exact) mass is 299 g/mol. The number of benzene rings is 1. The van der Waals surface area contributed by atoms with Gasteiger partial charge in [0.05, 0.1) is 5.75 Å². The van der Waals surface area contributed by atoms with Gasteiger partial charge in [-0.3, -0.25) is 4.79 Å². The van der Waals surface area contributed by atoms with Crippen LogP contribution in [0.4, 0.5) is 4.39 Å². The Bertz CT molecular complexity index is 580. The van der Waals surface area contributed by atoms with Gasteiger partial charge in [0.15, 0.2) is 9.84 Å². The maximum absolute atomic E-state index is 13.5. The fourth-order valence-corrected chi connectivity index (χ4v) is 3.64. The summed E-state index contributed by atoms with van der Waals surface area (Å²) in [5, 5.41) is 0. The third-order valence-corrected chi connectivity index (χ3v) is 5.21. The lowest BCUT2D eigenvalue weighted by Gasteiger charge is -2.26. The third kappa shape index (κ3) is 3.56. The molecule has 0 N–H and O–H groups in total. The first-order chi connectivity index (χ1) is 9.50. The molecule has 1 aromatic carbocycles. The predicted octanol–water partition coefficient (Wildman–Crippen LogP) is 2.00. The van der Waals surface area contributed by atoms with Crippen molar-refractivity contribution in [3.8, 4) is 0 Å². The van der Waals surface area contributed by atoms with Crippen molar-refractivity contribution >= 4 is 15.7 Å². The largest absolute Gasteiger partial charge is 0.343 e. The zero-order valence-electron chi connectivity index (χ0n) is 11.2. The van der Waals surface area contributed by atoms with Crippen molar-refractivity contribution in [1.82, 2.24) is 4.90 Å². The summed E-state index contributed by atoms with van der Waals surface area (Å²) in [6.45, 7) is 1.39. The Labute approximate surface area is 118 Å². The van der Waals surface area contributed by atoms with Crippen LogP contribution in [-0.2, 0) is 14.6 Å². The van der Waals surface area contributed by atoms with E-state index in [4.69, 9.17) is 0 Å². The summed E-state index contributed by atoms with van der Waals surface area (Å²) in [6, 6.07) is 5.25. The molecule has 1 aromatic rings. The number of halogens is 1. The number of rotatable bonds is 4. The minimum Gasteiger partial charge on any atom is -0.343 e. The summed E-state index contributed by atoms with van der Waals surface area (Å²) in [7, 11) is -3.75. The lowest BCUT2D eigenvalue weighted by Crippen LogP contribution is -2.36. The topological polar surface area (TPSA) is 54.5 Å². The van der Waals surface area contributed by atoms with E-state index in [0.717, 1.165) is 25.3 Å². The summed E-state index contributed by atoms with van der Waals surface area (Å²) in [5.74, 6) is -1.27. The molecule has 110 valence electrons. The number of likely N-dealkylation sites (tertiary alicyclic amines) is 1. The van der Waals surface area contributed by atoms with E-state index in [-0.39, 0.29) is 23.0 Å². The summed E-state index contributed by atoms with van der Waals surface area (Å²) in [5.41, 5.74) is 0. The van der Waals surface area contributed by atoms with Gasteiger partial charge in [-0.05, 0) is 31.4 Å². The van der Waals surface area contributed by atoms with Crippen LogP contribution < -0.4 is 0 Å². The second-order valence-corrected chi connectivity index (χ2v) is 7.02. The van der Waals surface area contributed by atoms with Crippen molar-refractivity contribution in [1.29, 1.82) is 0 Å². The highest BCUT2D eigenvalue weighted by molar-refractivity contribution is 7.91. The number of hydrogen-bond acceptors (Lipinski definition) is 3. The van der Waals surface area contributed by atoms with Crippen molar-refractivity contribution in [2.24, 2.45) is 0 Å². The Hall–Kier alpha value is -1.43. The van der Waals surface area contributed by atoms with Crippen molar-refractivity contribution < 1.29 is 17.6 Å². The molecule has 0 aliphatic carbocycles. The van der Waals surface area contributed by atoms with Gasteiger partial charge < -0.3 is 4.90 Å². The Morgan fingerprint density at radius 2 is 1.80 bits per heavy atom. The maximum Gasteiger partial charge on any atom is 0.223 e. The molecule has 0 saturated carbocycles. The molecule has 1 heterocycles. The van der Waals surface area contributed by atoms with Gasteiger partial charge in [0.1, 0.15) is 10.7 Å². The Morgan fingerprint density at radius 3 is 2.45 bits per heavy atom. The van der Waals surface area contributed by atoms with Crippen LogP contribution in [0.5, 0.6) is 0 Å². The normalized spacial score (nSPS) is 16.1. The van der Waals surface area contributed by atoms with Gasteiger partial charge in [-0.25, -0.2) is 12.8 Å². The van der Waals surface area contributed by atoms with Gasteiger partial charge in [-0.1, -0.05) is 12.1 Å². The quantitative estimate of drug-likeness (QED) is 0.854. The maximum atomic E-state index is 13.5. The first-order valence-electron chi connectivity index (χ1n) is 6.76. The van der Waals surface area contributed by atoms with Crippen molar-refractivity contribution in [2.45, 2.75) is 30.6 Å². The van der Waals surface area contributed by atoms with Crippen molar-refractivity contribution in [3.05, 3.63) is 30.1 Å². The Balaban J connectivity index is 1.99. The van der Waals surface area contributed by atoms with E-state index < -0.39 is 15.7 Å². The van der Waals surface area contributed by atoms with E-state index in [1.807, 2.05) is 0 Å². The molecule has 6 heteroatoms. The van der Waals surface area contributed by atoms with Crippen LogP contribution in [-0.4, -0.2) is 38.1 Å². The highest BCUT2D eigenvalue weighted by Gasteiger charge is 2.22.